The molecule has 0 saturated carbocycles. The Morgan fingerprint density at radius 1 is 0.818 bits per heavy atom. The van der Waals surface area contributed by atoms with Gasteiger partial charge in [-0.25, -0.2) is 9.59 Å². The molecule has 3 aromatic rings. The molecular formula is C33H45N5O6. The fourth-order valence-electron chi connectivity index (χ4n) is 4.94. The number of carbonyl (C=O) groups is 4. The number of aromatic nitrogens is 1. The topological polar surface area (TPSA) is 162 Å². The molecule has 1 aromatic heterocycles. The van der Waals surface area contributed by atoms with Crippen LogP contribution < -0.4 is 21.3 Å². The van der Waals surface area contributed by atoms with Gasteiger partial charge in [0.25, 0.3) is 0 Å². The number of fused-ring (bicyclic) bond motifs is 1. The van der Waals surface area contributed by atoms with Crippen LogP contribution in [-0.2, 0) is 33.8 Å². The van der Waals surface area contributed by atoms with Crippen molar-refractivity contribution in [2.45, 2.75) is 71.4 Å². The van der Waals surface area contributed by atoms with Gasteiger partial charge in [-0.15, -0.1) is 0 Å². The number of para-hydroxylation sites is 1. The standard InChI is InChI=1S/C33H45N5O6/c1-23(2)20-28-26(25-14-8-9-15-27(25)37-28)21-29(38-30(39)16-19-35-32(41)42)31(40)34-17-10-3-4-11-18-36-33(43)44-22-24-12-6-5-7-13-24/h5-9,12-15,23,29,35,37H,3-4,10-11,16-22H2,1-2H3,(H,34,40)(H,36,43)(H,38,39)(H,41,42)/t29-/m0/s1. The number of H-pyrrole nitrogens is 1. The number of hydrogen-bond donors (Lipinski definition) is 6. The predicted octanol–water partition coefficient (Wildman–Crippen LogP) is 4.65. The summed E-state index contributed by atoms with van der Waals surface area (Å²) in [5.41, 5.74) is 3.94. The molecule has 0 bridgehead atoms. The van der Waals surface area contributed by atoms with Crippen LogP contribution in [-0.4, -0.2) is 59.8 Å². The molecule has 0 aliphatic rings. The summed E-state index contributed by atoms with van der Waals surface area (Å²) in [5, 5.41) is 20.5. The number of carboxylic acid groups (broad SMARTS) is 1. The summed E-state index contributed by atoms with van der Waals surface area (Å²) in [4.78, 5) is 52.1. The minimum absolute atomic E-state index is 0.0409. The highest BCUT2D eigenvalue weighted by Crippen LogP contribution is 2.26. The van der Waals surface area contributed by atoms with E-state index in [9.17, 15) is 19.2 Å². The van der Waals surface area contributed by atoms with Crippen molar-refractivity contribution in [1.29, 1.82) is 0 Å². The zero-order valence-electron chi connectivity index (χ0n) is 25.6. The first-order chi connectivity index (χ1) is 21.2. The summed E-state index contributed by atoms with van der Waals surface area (Å²) in [6.07, 6.45) is 2.66. The van der Waals surface area contributed by atoms with Crippen LogP contribution in [0, 0.1) is 5.92 Å². The van der Waals surface area contributed by atoms with Crippen molar-refractivity contribution >= 4 is 34.9 Å². The number of unbranched alkanes of at least 4 members (excludes halogenated alkanes) is 3. The molecule has 0 saturated heterocycles. The Balaban J connectivity index is 1.47. The number of aromatic amines is 1. The largest absolute Gasteiger partial charge is 0.465 e. The van der Waals surface area contributed by atoms with E-state index in [-0.39, 0.29) is 25.5 Å². The summed E-state index contributed by atoms with van der Waals surface area (Å²) < 4.78 is 5.21. The van der Waals surface area contributed by atoms with E-state index in [1.165, 1.54) is 0 Å². The van der Waals surface area contributed by atoms with Gasteiger partial charge in [0.05, 0.1) is 0 Å². The van der Waals surface area contributed by atoms with Crippen molar-refractivity contribution in [2.24, 2.45) is 5.92 Å². The third-order valence-electron chi connectivity index (χ3n) is 7.09. The molecule has 6 N–H and O–H groups in total. The van der Waals surface area contributed by atoms with Crippen LogP contribution in [0.15, 0.2) is 54.6 Å². The van der Waals surface area contributed by atoms with Gasteiger partial charge >= 0.3 is 12.2 Å². The van der Waals surface area contributed by atoms with Crippen molar-refractivity contribution in [1.82, 2.24) is 26.3 Å². The first-order valence-corrected chi connectivity index (χ1v) is 15.3. The molecule has 3 rings (SSSR count). The third-order valence-corrected chi connectivity index (χ3v) is 7.09. The minimum Gasteiger partial charge on any atom is -0.465 e. The van der Waals surface area contributed by atoms with Crippen LogP contribution in [0.2, 0.25) is 0 Å². The minimum atomic E-state index is -1.21. The van der Waals surface area contributed by atoms with Gasteiger partial charge in [-0.05, 0) is 42.4 Å². The van der Waals surface area contributed by atoms with E-state index in [1.807, 2.05) is 54.6 Å². The van der Waals surface area contributed by atoms with Crippen LogP contribution in [0.3, 0.4) is 0 Å². The molecule has 0 aliphatic carbocycles. The SMILES string of the molecule is CC(C)Cc1[nH]c2ccccc2c1C[C@H](NC(=O)CCNC(=O)O)C(=O)NCCCCCCNC(=O)OCc1ccccc1. The molecule has 0 spiro atoms. The molecular weight excluding hydrogens is 562 g/mol. The number of alkyl carbamates (subject to hydrolysis) is 1. The highest BCUT2D eigenvalue weighted by molar-refractivity contribution is 5.90. The molecule has 44 heavy (non-hydrogen) atoms. The summed E-state index contributed by atoms with van der Waals surface area (Å²) in [5.74, 6) is -0.298. The second kappa shape index (κ2) is 18.2. The van der Waals surface area contributed by atoms with Crippen molar-refractivity contribution in [3.63, 3.8) is 0 Å². The average molecular weight is 608 g/mol. The number of carbonyl (C=O) groups excluding carboxylic acids is 3. The molecule has 2 aromatic carbocycles. The van der Waals surface area contributed by atoms with Crippen molar-refractivity contribution in [3.8, 4) is 0 Å². The lowest BCUT2D eigenvalue weighted by molar-refractivity contribution is -0.128. The fourth-order valence-corrected chi connectivity index (χ4v) is 4.94. The highest BCUT2D eigenvalue weighted by atomic mass is 16.5. The van der Waals surface area contributed by atoms with Gasteiger partial charge in [0.2, 0.25) is 11.8 Å². The van der Waals surface area contributed by atoms with Crippen molar-refractivity contribution < 1.29 is 29.0 Å². The lowest BCUT2D eigenvalue weighted by Gasteiger charge is -2.20. The number of nitrogens with one attached hydrogen (secondary N) is 5. The highest BCUT2D eigenvalue weighted by Gasteiger charge is 2.24. The second-order valence-electron chi connectivity index (χ2n) is 11.2. The molecule has 0 aliphatic heterocycles. The Morgan fingerprint density at radius 3 is 2.20 bits per heavy atom. The smallest absolute Gasteiger partial charge is 0.407 e. The quantitative estimate of drug-likeness (QED) is 0.115. The molecule has 0 fully saturated rings. The normalized spacial score (nSPS) is 11.6. The monoisotopic (exact) mass is 607 g/mol. The van der Waals surface area contributed by atoms with Crippen LogP contribution in [0.5, 0.6) is 0 Å². The van der Waals surface area contributed by atoms with E-state index in [0.29, 0.717) is 25.4 Å². The Labute approximate surface area is 258 Å². The van der Waals surface area contributed by atoms with Crippen LogP contribution in [0.25, 0.3) is 10.9 Å². The fraction of sp³-hybridized carbons (Fsp3) is 0.455. The van der Waals surface area contributed by atoms with E-state index in [2.05, 4.69) is 40.1 Å². The molecule has 238 valence electrons. The van der Waals surface area contributed by atoms with Crippen LogP contribution in [0.4, 0.5) is 9.59 Å². The van der Waals surface area contributed by atoms with Gasteiger partial charge < -0.3 is 36.1 Å². The van der Waals surface area contributed by atoms with E-state index < -0.39 is 24.1 Å². The number of ether oxygens (including phenoxy) is 1. The molecule has 0 unspecified atom stereocenters. The molecule has 11 heteroatoms. The van der Waals surface area contributed by atoms with Crippen LogP contribution in [0.1, 0.15) is 62.8 Å². The molecule has 11 nitrogen and oxygen atoms in total. The number of hydrogen-bond acceptors (Lipinski definition) is 5. The second-order valence-corrected chi connectivity index (χ2v) is 11.2. The van der Waals surface area contributed by atoms with Gasteiger partial charge in [0, 0.05) is 49.1 Å². The zero-order valence-corrected chi connectivity index (χ0v) is 25.6. The Morgan fingerprint density at radius 2 is 1.50 bits per heavy atom. The Hall–Kier alpha value is -4.54. The lowest BCUT2D eigenvalue weighted by atomic mass is 9.97. The van der Waals surface area contributed by atoms with Crippen molar-refractivity contribution in [3.05, 3.63) is 71.4 Å². The Bertz CT molecular complexity index is 1360. The third kappa shape index (κ3) is 12.0. The maximum atomic E-state index is 13.3. The maximum absolute atomic E-state index is 13.3. The predicted molar refractivity (Wildman–Crippen MR) is 169 cm³/mol. The molecule has 1 heterocycles. The molecule has 4 amide bonds. The van der Waals surface area contributed by atoms with Gasteiger partial charge in [0.15, 0.2) is 0 Å². The lowest BCUT2D eigenvalue weighted by Crippen LogP contribution is -2.48. The summed E-state index contributed by atoms with van der Waals surface area (Å²) in [6, 6.07) is 16.6. The van der Waals surface area contributed by atoms with Crippen LogP contribution >= 0.6 is 0 Å². The van der Waals surface area contributed by atoms with E-state index in [4.69, 9.17) is 9.84 Å². The molecule has 1 atom stereocenters. The van der Waals surface area contributed by atoms with E-state index in [0.717, 1.165) is 59.8 Å². The maximum Gasteiger partial charge on any atom is 0.407 e. The summed E-state index contributed by atoms with van der Waals surface area (Å²) in [6.45, 7) is 5.40. The van der Waals surface area contributed by atoms with Gasteiger partial charge in [-0.3, -0.25) is 9.59 Å². The van der Waals surface area contributed by atoms with Gasteiger partial charge in [-0.1, -0.05) is 75.2 Å². The first-order valence-electron chi connectivity index (χ1n) is 15.3. The number of rotatable bonds is 18. The van der Waals surface area contributed by atoms with Gasteiger partial charge in [-0.2, -0.15) is 0 Å². The molecule has 0 radical (unpaired) electrons. The Kier molecular flexibility index (Phi) is 14.0. The first kappa shape index (κ1) is 34.0. The van der Waals surface area contributed by atoms with Gasteiger partial charge in [0.1, 0.15) is 12.6 Å². The number of benzene rings is 2. The van der Waals surface area contributed by atoms with E-state index in [1.54, 1.807) is 0 Å². The average Bonchev–Trinajstić information content (AvgIpc) is 3.33. The summed E-state index contributed by atoms with van der Waals surface area (Å²) in [7, 11) is 0. The number of amides is 4. The van der Waals surface area contributed by atoms with E-state index >= 15 is 0 Å². The van der Waals surface area contributed by atoms with Crippen molar-refractivity contribution in [2.75, 3.05) is 19.6 Å². The zero-order chi connectivity index (χ0) is 31.7. The summed E-state index contributed by atoms with van der Waals surface area (Å²) >= 11 is 0.